The third-order valence-electron chi connectivity index (χ3n) is 4.60. The molecule has 1 aromatic rings. The molecule has 0 amide bonds. The Morgan fingerprint density at radius 3 is 2.83 bits per heavy atom. The van der Waals surface area contributed by atoms with E-state index in [1.807, 2.05) is 26.8 Å². The summed E-state index contributed by atoms with van der Waals surface area (Å²) in [6.45, 7) is 5.87. The van der Waals surface area contributed by atoms with E-state index in [2.05, 4.69) is 0 Å². The minimum Gasteiger partial charge on any atom is -0.508 e. The number of phenolic OH excluding ortho intramolecular Hbond substituents is 1. The quantitative estimate of drug-likeness (QED) is 0.716. The number of benzene rings is 1. The Morgan fingerprint density at radius 1 is 1.39 bits per heavy atom. The average Bonchev–Trinajstić information content (AvgIpc) is 2.62. The van der Waals surface area contributed by atoms with E-state index in [4.69, 9.17) is 4.74 Å². The molecule has 1 N–H and O–H groups in total. The van der Waals surface area contributed by atoms with Gasteiger partial charge in [0, 0.05) is 11.5 Å². The minimum atomic E-state index is -0.151. The standard InChI is InChI=1S/C15H18O3/c1-7-6-12(16)9(3)13-10(7)4-5-11-8(2)15(17)18-14(11)13/h6,8,11,14,16H,4-5H2,1-3H3/t8-,11-,14+/m1/s1. The van der Waals surface area contributed by atoms with E-state index in [0.29, 0.717) is 5.75 Å². The van der Waals surface area contributed by atoms with Gasteiger partial charge in [0.1, 0.15) is 11.9 Å². The Labute approximate surface area is 107 Å². The van der Waals surface area contributed by atoms with Crippen LogP contribution in [-0.4, -0.2) is 11.1 Å². The SMILES string of the molecule is Cc1cc(O)c(C)c2c1CC[C@H]1[C@@H]2OC(=O)[C@@H]1C. The van der Waals surface area contributed by atoms with Crippen molar-refractivity contribution in [2.45, 2.75) is 39.7 Å². The molecule has 0 saturated carbocycles. The molecule has 3 nitrogen and oxygen atoms in total. The van der Waals surface area contributed by atoms with Gasteiger partial charge in [-0.1, -0.05) is 6.92 Å². The molecule has 0 radical (unpaired) electrons. The lowest BCUT2D eigenvalue weighted by Gasteiger charge is -2.30. The zero-order chi connectivity index (χ0) is 13.0. The summed E-state index contributed by atoms with van der Waals surface area (Å²) >= 11 is 0. The Morgan fingerprint density at radius 2 is 2.11 bits per heavy atom. The Bertz CT molecular complexity index is 533. The van der Waals surface area contributed by atoms with E-state index < -0.39 is 0 Å². The summed E-state index contributed by atoms with van der Waals surface area (Å²) in [5.74, 6) is 0.454. The summed E-state index contributed by atoms with van der Waals surface area (Å²) in [6, 6.07) is 1.81. The lowest BCUT2D eigenvalue weighted by atomic mass is 9.74. The van der Waals surface area contributed by atoms with Crippen LogP contribution in [0.1, 0.15) is 41.7 Å². The van der Waals surface area contributed by atoms with Crippen LogP contribution < -0.4 is 0 Å². The molecule has 0 unspecified atom stereocenters. The number of esters is 1. The van der Waals surface area contributed by atoms with E-state index in [-0.39, 0.29) is 23.9 Å². The summed E-state index contributed by atoms with van der Waals surface area (Å²) in [5, 5.41) is 9.97. The first-order valence-corrected chi connectivity index (χ1v) is 6.53. The van der Waals surface area contributed by atoms with Gasteiger partial charge in [-0.2, -0.15) is 0 Å². The maximum absolute atomic E-state index is 11.7. The van der Waals surface area contributed by atoms with Gasteiger partial charge >= 0.3 is 5.97 Å². The van der Waals surface area contributed by atoms with E-state index in [1.54, 1.807) is 0 Å². The van der Waals surface area contributed by atoms with Crippen molar-refractivity contribution in [2.75, 3.05) is 0 Å². The smallest absolute Gasteiger partial charge is 0.309 e. The monoisotopic (exact) mass is 246 g/mol. The zero-order valence-corrected chi connectivity index (χ0v) is 11.0. The fourth-order valence-electron chi connectivity index (χ4n) is 3.44. The maximum Gasteiger partial charge on any atom is 0.309 e. The molecule has 1 fully saturated rings. The first-order chi connectivity index (χ1) is 8.50. The Balaban J connectivity index is 2.18. The van der Waals surface area contributed by atoms with Crippen LogP contribution in [0.5, 0.6) is 5.75 Å². The van der Waals surface area contributed by atoms with Crippen molar-refractivity contribution in [3.05, 3.63) is 28.3 Å². The Hall–Kier alpha value is -1.51. The molecule has 0 aromatic heterocycles. The van der Waals surface area contributed by atoms with Crippen molar-refractivity contribution in [3.63, 3.8) is 0 Å². The van der Waals surface area contributed by atoms with Crippen LogP contribution in [0, 0.1) is 25.7 Å². The van der Waals surface area contributed by atoms with Crippen molar-refractivity contribution in [1.82, 2.24) is 0 Å². The third kappa shape index (κ3) is 1.39. The number of hydrogen-bond acceptors (Lipinski definition) is 3. The predicted octanol–water partition coefficient (Wildman–Crippen LogP) is 2.81. The third-order valence-corrected chi connectivity index (χ3v) is 4.60. The summed E-state index contributed by atoms with van der Waals surface area (Å²) < 4.78 is 5.54. The molecule has 1 saturated heterocycles. The first-order valence-electron chi connectivity index (χ1n) is 6.53. The zero-order valence-electron chi connectivity index (χ0n) is 11.0. The number of ether oxygens (including phenoxy) is 1. The van der Waals surface area contributed by atoms with Crippen molar-refractivity contribution < 1.29 is 14.6 Å². The van der Waals surface area contributed by atoms with Crippen LogP contribution in [0.2, 0.25) is 0 Å². The average molecular weight is 246 g/mol. The number of aryl methyl sites for hydroxylation is 1. The van der Waals surface area contributed by atoms with E-state index in [9.17, 15) is 9.90 Å². The van der Waals surface area contributed by atoms with Gasteiger partial charge in [-0.25, -0.2) is 0 Å². The predicted molar refractivity (Wildman–Crippen MR) is 67.4 cm³/mol. The van der Waals surface area contributed by atoms with Crippen LogP contribution >= 0.6 is 0 Å². The lowest BCUT2D eigenvalue weighted by molar-refractivity contribution is -0.144. The van der Waals surface area contributed by atoms with Crippen LogP contribution in [0.25, 0.3) is 0 Å². The van der Waals surface area contributed by atoms with Gasteiger partial charge < -0.3 is 9.84 Å². The fraction of sp³-hybridized carbons (Fsp3) is 0.533. The largest absolute Gasteiger partial charge is 0.508 e. The Kier molecular flexibility index (Phi) is 2.40. The number of aromatic hydroxyl groups is 1. The molecule has 1 aromatic carbocycles. The van der Waals surface area contributed by atoms with Gasteiger partial charge in [0.25, 0.3) is 0 Å². The fourth-order valence-corrected chi connectivity index (χ4v) is 3.44. The topological polar surface area (TPSA) is 46.5 Å². The number of hydrogen-bond donors (Lipinski definition) is 1. The molecular formula is C15H18O3. The summed E-state index contributed by atoms with van der Waals surface area (Å²) in [7, 11) is 0. The van der Waals surface area contributed by atoms with Gasteiger partial charge in [-0.15, -0.1) is 0 Å². The summed E-state index contributed by atoms with van der Waals surface area (Å²) in [4.78, 5) is 11.7. The molecule has 18 heavy (non-hydrogen) atoms. The molecule has 0 spiro atoms. The molecular weight excluding hydrogens is 228 g/mol. The van der Waals surface area contributed by atoms with Crippen LogP contribution in [0.4, 0.5) is 0 Å². The number of fused-ring (bicyclic) bond motifs is 3. The molecule has 3 atom stereocenters. The van der Waals surface area contributed by atoms with Crippen molar-refractivity contribution in [2.24, 2.45) is 11.8 Å². The molecule has 96 valence electrons. The summed E-state index contributed by atoms with van der Waals surface area (Å²) in [5.41, 5.74) is 4.28. The normalized spacial score (nSPS) is 29.7. The molecule has 1 aliphatic heterocycles. The number of phenols is 1. The molecule has 0 bridgehead atoms. The maximum atomic E-state index is 11.7. The molecule has 1 heterocycles. The second kappa shape index (κ2) is 3.74. The highest BCUT2D eigenvalue weighted by atomic mass is 16.6. The highest BCUT2D eigenvalue weighted by Crippen LogP contribution is 2.49. The highest BCUT2D eigenvalue weighted by molar-refractivity contribution is 5.75. The van der Waals surface area contributed by atoms with Crippen molar-refractivity contribution >= 4 is 5.97 Å². The van der Waals surface area contributed by atoms with Gasteiger partial charge in [-0.05, 0) is 49.4 Å². The molecule has 2 aliphatic rings. The summed E-state index contributed by atoms with van der Waals surface area (Å²) in [6.07, 6.45) is 1.82. The number of carbonyl (C=O) groups is 1. The van der Waals surface area contributed by atoms with E-state index in [0.717, 1.165) is 29.5 Å². The minimum absolute atomic E-state index is 0.0230. The number of carbonyl (C=O) groups excluding carboxylic acids is 1. The van der Waals surface area contributed by atoms with Crippen LogP contribution in [0.15, 0.2) is 6.07 Å². The van der Waals surface area contributed by atoms with Crippen LogP contribution in [-0.2, 0) is 16.0 Å². The molecule has 3 rings (SSSR count). The second-order valence-electron chi connectivity index (χ2n) is 5.58. The lowest BCUT2D eigenvalue weighted by Crippen LogP contribution is -2.22. The van der Waals surface area contributed by atoms with Gasteiger partial charge in [0.15, 0.2) is 0 Å². The van der Waals surface area contributed by atoms with Gasteiger partial charge in [0.2, 0.25) is 0 Å². The van der Waals surface area contributed by atoms with E-state index >= 15 is 0 Å². The van der Waals surface area contributed by atoms with Crippen LogP contribution in [0.3, 0.4) is 0 Å². The number of rotatable bonds is 0. The van der Waals surface area contributed by atoms with Gasteiger partial charge in [0.05, 0.1) is 5.92 Å². The second-order valence-corrected chi connectivity index (χ2v) is 5.58. The molecule has 3 heteroatoms. The first kappa shape index (κ1) is 11.6. The van der Waals surface area contributed by atoms with Crippen molar-refractivity contribution in [3.8, 4) is 5.75 Å². The van der Waals surface area contributed by atoms with Gasteiger partial charge in [-0.3, -0.25) is 4.79 Å². The molecule has 1 aliphatic carbocycles. The van der Waals surface area contributed by atoms with Crippen molar-refractivity contribution in [1.29, 1.82) is 0 Å². The van der Waals surface area contributed by atoms with E-state index in [1.165, 1.54) is 5.56 Å². The highest BCUT2D eigenvalue weighted by Gasteiger charge is 2.46.